The van der Waals surface area contributed by atoms with Crippen molar-refractivity contribution in [2.75, 3.05) is 72.7 Å². The third-order valence-corrected chi connectivity index (χ3v) is 18.9. The Morgan fingerprint density at radius 3 is 0.964 bits per heavy atom. The van der Waals surface area contributed by atoms with E-state index >= 15 is 0 Å². The molecule has 4 saturated heterocycles. The molecule has 4 aromatic heterocycles. The summed E-state index contributed by atoms with van der Waals surface area (Å²) < 4.78 is 140. The van der Waals surface area contributed by atoms with Crippen molar-refractivity contribution in [3.05, 3.63) is 59.5 Å². The van der Waals surface area contributed by atoms with Crippen LogP contribution < -0.4 is 22.9 Å². The maximum atomic E-state index is 12.3. The number of aliphatic hydroxyl groups is 10. The lowest BCUT2D eigenvalue weighted by Gasteiger charge is -2.19. The van der Waals surface area contributed by atoms with E-state index in [1.807, 2.05) is 13.8 Å². The van der Waals surface area contributed by atoms with Gasteiger partial charge in [0.2, 0.25) is 11.8 Å². The number of ether oxygens (including phenoxy) is 6. The summed E-state index contributed by atoms with van der Waals surface area (Å²) in [5.74, 6) is -4.35. The van der Waals surface area contributed by atoms with Gasteiger partial charge >= 0.3 is 30.8 Å². The number of carbonyl (C=O) groups is 4. The number of hydrogen-bond acceptors (Lipinski definition) is 35. The summed E-state index contributed by atoms with van der Waals surface area (Å²) in [4.78, 5) is 59.2. The van der Waals surface area contributed by atoms with Gasteiger partial charge in [0.1, 0.15) is 104 Å². The molecule has 8 heterocycles. The number of amides is 4. The smallest absolute Gasteiger partial charge is 0.493 e. The summed E-state index contributed by atoms with van der Waals surface area (Å²) in [6.45, 7) is 12.5. The fourth-order valence-electron chi connectivity index (χ4n) is 9.34. The zero-order valence-corrected chi connectivity index (χ0v) is 58.2. The normalized spacial score (nSPS) is 24.0. The Morgan fingerprint density at radius 1 is 0.468 bits per heavy atom. The molecule has 4 fully saturated rings. The Balaban J connectivity index is -0.000000195. The van der Waals surface area contributed by atoms with Gasteiger partial charge in [-0.25, -0.2) is 19.9 Å². The molecule has 49 heteroatoms. The maximum Gasteiger partial charge on any atom is 0.523 e. The zero-order chi connectivity index (χ0) is 77.0. The summed E-state index contributed by atoms with van der Waals surface area (Å²) in [7, 11) is -11.8. The number of aromatic hydroxyl groups is 2. The highest BCUT2D eigenvalue weighted by atomic mass is 32.2. The quantitative estimate of drug-likeness (QED) is 0.0232. The monoisotopic (exact) mass is 1690 g/mol. The molecule has 0 spiro atoms. The molecule has 20 N–H and O–H groups in total. The Labute approximate surface area is 647 Å². The van der Waals surface area contributed by atoms with Crippen molar-refractivity contribution in [1.82, 2.24) is 38.2 Å². The van der Waals surface area contributed by atoms with Crippen LogP contribution >= 0.6 is 15.2 Å². The Kier molecular flexibility index (Phi) is 58.2. The zero-order valence-electron chi connectivity index (χ0n) is 55.6. The minimum Gasteiger partial charge on any atom is -0.493 e. The number of hydrogen-bond donors (Lipinski definition) is 16. The van der Waals surface area contributed by atoms with Crippen molar-refractivity contribution < 1.29 is 162 Å². The van der Waals surface area contributed by atoms with E-state index in [1.54, 1.807) is 27.7 Å². The van der Waals surface area contributed by atoms with Gasteiger partial charge in [0.05, 0.1) is 65.5 Å². The molecule has 8 rings (SSSR count). The lowest BCUT2D eigenvalue weighted by Crippen LogP contribution is -2.34. The number of alkyl halides is 3. The number of aliphatic hydroxyl groups excluding tert-OH is 10. The number of rotatable bonds is 27. The summed E-state index contributed by atoms with van der Waals surface area (Å²) in [5.41, 5.74) is 15.1. The van der Waals surface area contributed by atoms with Crippen LogP contribution in [0.25, 0.3) is 0 Å². The first-order valence-electron chi connectivity index (χ1n) is 30.1. The molecule has 43 nitrogen and oxygen atoms in total. The van der Waals surface area contributed by atoms with Crippen LogP contribution in [0.15, 0.2) is 25.3 Å². The molecular weight excluding hydrogens is 1560 g/mol. The van der Waals surface area contributed by atoms with Crippen LogP contribution in [0, 0.1) is 13.8 Å². The van der Waals surface area contributed by atoms with Crippen LogP contribution in [0.4, 0.5) is 13.2 Å². The predicted octanol–water partition coefficient (Wildman–Crippen LogP) is 2.77. The molecule has 4 aliphatic heterocycles. The highest BCUT2D eigenvalue weighted by molar-refractivity contribution is 7.87. The Morgan fingerprint density at radius 2 is 0.721 bits per heavy atom. The first-order chi connectivity index (χ1) is 47.2. The number of primary amides is 4. The molecule has 16 atom stereocenters. The average Bonchev–Trinajstić information content (AvgIpc) is 1.66. The van der Waals surface area contributed by atoms with E-state index in [0.29, 0.717) is 11.4 Å². The van der Waals surface area contributed by atoms with Gasteiger partial charge in [0.15, 0.2) is 42.6 Å². The van der Waals surface area contributed by atoms with E-state index in [2.05, 4.69) is 33.2 Å². The van der Waals surface area contributed by atoms with E-state index in [4.69, 9.17) is 70.6 Å². The largest absolute Gasteiger partial charge is 0.523 e. The lowest BCUT2D eigenvalue weighted by atomic mass is 10.1. The van der Waals surface area contributed by atoms with Crippen molar-refractivity contribution in [2.45, 2.75) is 233 Å². The van der Waals surface area contributed by atoms with Gasteiger partial charge in [0.25, 0.3) is 23.6 Å². The van der Waals surface area contributed by atoms with Crippen molar-refractivity contribution in [3.8, 4) is 11.8 Å². The first-order valence-corrected chi connectivity index (χ1v) is 34.9. The van der Waals surface area contributed by atoms with E-state index in [9.17, 15) is 101 Å². The summed E-state index contributed by atoms with van der Waals surface area (Å²) in [6, 6.07) is 0. The third-order valence-electron chi connectivity index (χ3n) is 14.2. The molecule has 4 amide bonds. The minimum atomic E-state index is -5.80. The number of nitrogens with zero attached hydrogens (tertiary/aromatic N) is 8. The molecule has 0 bridgehead atoms. The molecule has 0 aliphatic carbocycles. The van der Waals surface area contributed by atoms with Crippen LogP contribution in [0.1, 0.15) is 194 Å². The number of imidazole rings is 4. The molecule has 4 aromatic rings. The van der Waals surface area contributed by atoms with Gasteiger partial charge in [0, 0.05) is 18.5 Å². The van der Waals surface area contributed by atoms with Crippen LogP contribution in [0.5, 0.6) is 11.8 Å². The summed E-state index contributed by atoms with van der Waals surface area (Å²) in [6.07, 6.45) is -14.6. The number of methoxy groups -OCH3 is 1. The van der Waals surface area contributed by atoms with E-state index in [1.165, 1.54) is 42.7 Å². The topological polar surface area (TPSA) is 656 Å². The van der Waals surface area contributed by atoms with Gasteiger partial charge in [-0.15, -0.1) is 0 Å². The van der Waals surface area contributed by atoms with Gasteiger partial charge in [-0.1, -0.05) is 88.1 Å². The average molecular weight is 1690 g/mol. The van der Waals surface area contributed by atoms with Gasteiger partial charge in [-0.2, -0.15) is 21.6 Å². The number of nitrogens with two attached hydrogens (primary N) is 4. The van der Waals surface area contributed by atoms with Crippen molar-refractivity contribution in [2.24, 2.45) is 22.9 Å². The van der Waals surface area contributed by atoms with Crippen LogP contribution in [-0.2, 0) is 69.9 Å². The van der Waals surface area contributed by atoms with E-state index in [0.717, 1.165) is 21.8 Å². The molecule has 658 valence electrons. The number of halogens is 3. The van der Waals surface area contributed by atoms with Gasteiger partial charge in [-0.05, 0) is 41.5 Å². The first kappa shape index (κ1) is 120. The van der Waals surface area contributed by atoms with E-state index < -0.39 is 190 Å². The number of carbonyl (C=O) groups excluding carboxylic acids is 4. The van der Waals surface area contributed by atoms with Gasteiger partial charge < -0.3 is 140 Å². The second-order valence-electron chi connectivity index (χ2n) is 20.8. The van der Waals surface area contributed by atoms with Crippen molar-refractivity contribution in [1.29, 1.82) is 0 Å². The molecule has 111 heavy (non-hydrogen) atoms. The highest BCUT2D eigenvalue weighted by Crippen LogP contribution is 2.50. The highest BCUT2D eigenvalue weighted by Gasteiger charge is 2.50. The molecule has 4 aliphatic rings. The standard InChI is InChI=1S/C14H24N3O9P.C10H15N3O6.2C10H15N3O5.C6H12F3O6PS.C2H6.10CH4/c1-3-24-27(22,25-4-2)7-23-5-8-10(18)11(19)14(26-8)17-6-16-9(12(15)20)13(17)21;1-18-2-4-6(14)7(15)10(19-4)13-3-12-5(8(11)16)9(13)17;2*1-4-6(9(11)17)12-3-13(4)10-8(16)7(15)5(2-14)18-10;1-3-13-16(10,14-4-2)5-15-17(11,12)6(7,8)9;1-2;;;;;;;;;;/h6,8,10-11,14,18-19,21H,3-5,7H2,1-2H3,(H2,15,20);3-4,6-7,10,14-15,17H,2H2,1H3,(H2,11,16);2*3,5,7-8,10,14-16H,2H2,1H3,(H2,11,17);3-5H2,1-2H3;1-2H3;10*1H4/t8-,10-,11-,14-;4-,6-,7-,10-;2*5-,7-,8-,10-;;;;;;;;;;;;/m1111............/s1. The summed E-state index contributed by atoms with van der Waals surface area (Å²) in [5, 5.41) is 117. The van der Waals surface area contributed by atoms with Crippen LogP contribution in [-0.4, -0.2) is 283 Å². The molecular formula is C62H127F3N12O31P2S. The van der Waals surface area contributed by atoms with E-state index in [-0.39, 0.29) is 137 Å². The molecule has 0 saturated carbocycles. The fourth-order valence-corrected chi connectivity index (χ4v) is 12.9. The van der Waals surface area contributed by atoms with Gasteiger partial charge in [-0.3, -0.25) is 41.6 Å². The minimum absolute atomic E-state index is 0. The molecule has 0 unspecified atom stereocenters. The number of aromatic nitrogens is 8. The Bertz CT molecular complexity index is 3420. The maximum absolute atomic E-state index is 12.3. The third kappa shape index (κ3) is 30.4. The predicted molar refractivity (Wildman–Crippen MR) is 398 cm³/mol. The Hall–Kier alpha value is -6.32. The van der Waals surface area contributed by atoms with Crippen molar-refractivity contribution >= 4 is 48.9 Å². The lowest BCUT2D eigenvalue weighted by molar-refractivity contribution is -0.0652. The van der Waals surface area contributed by atoms with Crippen molar-refractivity contribution in [3.63, 3.8) is 0 Å². The van der Waals surface area contributed by atoms with Crippen LogP contribution in [0.3, 0.4) is 0 Å². The summed E-state index contributed by atoms with van der Waals surface area (Å²) >= 11 is 0. The SMILES string of the molecule is C.C.C.C.C.C.C.C.C.C.CC.CCOP(=O)(COC[C@H]1O[C@@H](n2cnc(C(N)=O)c2O)[C@H](O)[C@@H]1O)OCC.CCOP(=O)(COS(=O)(=O)C(F)(F)F)OCC.COC[C@H]1O[C@@H](n2cnc(C(N)=O)c2O)[C@H](O)[C@@H]1O.Cc1c(C(N)=O)ncn1[C@@H]1O[C@H](CO)[C@@H](O)[C@H]1O.Cc1c(C(N)=O)ncn1[C@@H]1O[C@H](CO)[C@@H](O)[C@H]1O. The van der Waals surface area contributed by atoms with Crippen LogP contribution in [0.2, 0.25) is 0 Å². The molecule has 0 aromatic carbocycles. The molecule has 0 radical (unpaired) electrons. The fraction of sp³-hybridized carbons (Fsp3) is 0.742. The second-order valence-corrected chi connectivity index (χ2v) is 26.4. The second kappa shape index (κ2) is 53.7.